The first-order valence-electron chi connectivity index (χ1n) is 50.0. The minimum Gasteiger partial charge on any atom is -0.0622 e. The summed E-state index contributed by atoms with van der Waals surface area (Å²) in [5.41, 5.74) is 27.5. The Morgan fingerprint density at radius 1 is 0.0694 bits per heavy atom. The van der Waals surface area contributed by atoms with Gasteiger partial charge in [-0.15, -0.1) is 0 Å². The minimum absolute atomic E-state index is 1.23. The van der Waals surface area contributed by atoms with Crippen LogP contribution >= 0.6 is 0 Å². The van der Waals surface area contributed by atoms with Crippen LogP contribution in [0, 0.1) is 0 Å². The van der Waals surface area contributed by atoms with Gasteiger partial charge >= 0.3 is 0 Å². The summed E-state index contributed by atoms with van der Waals surface area (Å²) >= 11 is 0. The van der Waals surface area contributed by atoms with Gasteiger partial charge in [0.15, 0.2) is 0 Å². The van der Waals surface area contributed by atoms with Gasteiger partial charge < -0.3 is 0 Å². The number of hydrogen-bond acceptors (Lipinski definition) is 0. The van der Waals surface area contributed by atoms with Crippen molar-refractivity contribution in [2.75, 3.05) is 0 Å². The average molecular weight is 1820 g/mol. The molecule has 0 saturated carbocycles. The van der Waals surface area contributed by atoms with Crippen molar-refractivity contribution in [1.82, 2.24) is 0 Å². The molecule has 29 aromatic rings. The summed E-state index contributed by atoms with van der Waals surface area (Å²) in [6.07, 6.45) is 0. The lowest BCUT2D eigenvalue weighted by atomic mass is 9.83. The molecule has 0 unspecified atom stereocenters. The number of fused-ring (bicyclic) bond motifs is 18. The molecule has 144 heavy (non-hydrogen) atoms. The highest BCUT2D eigenvalue weighted by atomic mass is 14.3. The molecule has 29 aromatic carbocycles. The van der Waals surface area contributed by atoms with Crippen LogP contribution in [0.1, 0.15) is 0 Å². The predicted molar refractivity (Wildman–Crippen MR) is 622 cm³/mol. The Balaban J connectivity index is 0.000000108. The number of benzene rings is 29. The third kappa shape index (κ3) is 15.0. The number of hydrogen-bond donors (Lipinski definition) is 0. The Bertz CT molecular complexity index is 10000. The van der Waals surface area contributed by atoms with Crippen molar-refractivity contribution in [2.45, 2.75) is 0 Å². The zero-order valence-electron chi connectivity index (χ0n) is 79.1. The average Bonchev–Trinajstić information content (AvgIpc) is 0.741. The molecule has 0 aromatic heterocycles. The molecule has 0 spiro atoms. The van der Waals surface area contributed by atoms with Crippen molar-refractivity contribution in [3.8, 4) is 122 Å². The number of rotatable bonds is 11. The predicted octanol–water partition coefficient (Wildman–Crippen LogP) is 40.7. The molecule has 29 rings (SSSR count). The van der Waals surface area contributed by atoms with E-state index in [-0.39, 0.29) is 0 Å². The van der Waals surface area contributed by atoms with E-state index in [0.29, 0.717) is 0 Å². The van der Waals surface area contributed by atoms with Gasteiger partial charge in [-0.05, 0) is 339 Å². The van der Waals surface area contributed by atoms with Crippen LogP contribution in [0.2, 0.25) is 0 Å². The first kappa shape index (κ1) is 84.6. The second-order valence-corrected chi connectivity index (χ2v) is 38.2. The summed E-state index contributed by atoms with van der Waals surface area (Å²) in [4.78, 5) is 0. The van der Waals surface area contributed by atoms with Crippen LogP contribution in [-0.4, -0.2) is 0 Å². The van der Waals surface area contributed by atoms with E-state index in [0.717, 1.165) is 0 Å². The second kappa shape index (κ2) is 35.9. The molecule has 0 aliphatic heterocycles. The normalized spacial score (nSPS) is 11.6. The van der Waals surface area contributed by atoms with Crippen molar-refractivity contribution in [1.29, 1.82) is 0 Å². The fourth-order valence-corrected chi connectivity index (χ4v) is 23.3. The van der Waals surface area contributed by atoms with Crippen LogP contribution in [0.25, 0.3) is 284 Å². The maximum absolute atomic E-state index is 2.40. The Kier molecular flexibility index (Phi) is 21.1. The standard InChI is InChI=1S/C52H32.2C46H30/c1-2-14-39-34(12-1)13-11-23-45(39)52-48-21-9-7-19-46(48)51(47-20-8-10-22-49(47)52)37-27-25-33-24-26-35(30-38(33)31-37)36-28-29-44-42-17-4-3-15-40(42)41-16-5-6-18-43(41)50(44)32-36;1-2-10-31(11-3-1)33-18-23-35(24-19-33)45-41-14-6-8-16-43(41)46(44-17-9-7-15-42(44)45)39-27-22-34-21-26-38(29-40(34)30-39)37-25-20-32-12-4-5-13-36(32)28-37;1-2-13-33(14-3-1)39-16-6-7-17-40(39)46-43-20-10-8-18-41(43)45(42-19-9-11-21-44(42)46)37-27-24-32-23-26-36(29-38(32)30-37)35-25-22-31-12-4-5-15-34(31)28-35/h1-32H;2*1-30H. The van der Waals surface area contributed by atoms with Crippen molar-refractivity contribution >= 4 is 162 Å². The van der Waals surface area contributed by atoms with Crippen LogP contribution in [0.15, 0.2) is 558 Å². The van der Waals surface area contributed by atoms with E-state index in [9.17, 15) is 0 Å². The second-order valence-electron chi connectivity index (χ2n) is 38.2. The van der Waals surface area contributed by atoms with E-state index in [1.165, 1.54) is 284 Å². The molecular formula is C144H92. The van der Waals surface area contributed by atoms with Crippen LogP contribution in [-0.2, 0) is 0 Å². The van der Waals surface area contributed by atoms with Crippen LogP contribution in [0.5, 0.6) is 0 Å². The monoisotopic (exact) mass is 1820 g/mol. The van der Waals surface area contributed by atoms with Crippen molar-refractivity contribution in [2.24, 2.45) is 0 Å². The van der Waals surface area contributed by atoms with E-state index >= 15 is 0 Å². The Hall–Kier alpha value is -18.7. The van der Waals surface area contributed by atoms with Gasteiger partial charge in [-0.2, -0.15) is 0 Å². The van der Waals surface area contributed by atoms with Gasteiger partial charge in [0, 0.05) is 0 Å². The van der Waals surface area contributed by atoms with Gasteiger partial charge in [-0.25, -0.2) is 0 Å². The lowest BCUT2D eigenvalue weighted by Crippen LogP contribution is -1.92. The molecule has 0 saturated heterocycles. The Morgan fingerprint density at radius 2 is 0.278 bits per heavy atom. The van der Waals surface area contributed by atoms with E-state index in [2.05, 4.69) is 558 Å². The fourth-order valence-electron chi connectivity index (χ4n) is 23.3. The highest BCUT2D eigenvalue weighted by molar-refractivity contribution is 6.29. The van der Waals surface area contributed by atoms with E-state index in [1.54, 1.807) is 0 Å². The maximum atomic E-state index is 2.40. The van der Waals surface area contributed by atoms with Gasteiger partial charge in [0.1, 0.15) is 0 Å². The van der Waals surface area contributed by atoms with Crippen LogP contribution in [0.4, 0.5) is 0 Å². The summed E-state index contributed by atoms with van der Waals surface area (Å²) in [5.74, 6) is 0. The fraction of sp³-hybridized carbons (Fsp3) is 0. The maximum Gasteiger partial charge on any atom is -0.00201 e. The van der Waals surface area contributed by atoms with Gasteiger partial charge in [0.05, 0.1) is 0 Å². The first-order valence-corrected chi connectivity index (χ1v) is 50.0. The molecule has 0 bridgehead atoms. The van der Waals surface area contributed by atoms with Crippen molar-refractivity contribution < 1.29 is 0 Å². The minimum atomic E-state index is 1.23. The summed E-state index contributed by atoms with van der Waals surface area (Å²) < 4.78 is 0. The lowest BCUT2D eigenvalue weighted by Gasteiger charge is -2.20. The molecule has 0 atom stereocenters. The Labute approximate surface area is 835 Å². The molecule has 668 valence electrons. The SMILES string of the molecule is c1ccc(-c2ccc(-c3c4ccccc4c(-c4ccc5ccc(-c6ccc7ccccc7c6)cc5c4)c4ccccc34)cc2)cc1.c1ccc(-c2ccccc2-c2c3ccccc3c(-c3ccc4ccc(-c5ccc6ccccc6c5)cc4c3)c3ccccc23)cc1.c1ccc2c(-c3c4ccccc4c(-c4ccc5ccc(-c6ccc7c8ccccc8c8ccccc8c7c6)cc5c4)c4ccccc34)cccc2c1. The van der Waals surface area contributed by atoms with Gasteiger partial charge in [-0.3, -0.25) is 0 Å². The summed E-state index contributed by atoms with van der Waals surface area (Å²) in [7, 11) is 0. The Morgan fingerprint density at radius 3 is 0.660 bits per heavy atom. The van der Waals surface area contributed by atoms with E-state index in [4.69, 9.17) is 0 Å². The van der Waals surface area contributed by atoms with Gasteiger partial charge in [0.2, 0.25) is 0 Å². The first-order chi connectivity index (χ1) is 71.4. The van der Waals surface area contributed by atoms with Crippen LogP contribution in [0.3, 0.4) is 0 Å². The molecule has 0 nitrogen and oxygen atoms in total. The lowest BCUT2D eigenvalue weighted by molar-refractivity contribution is 1.61. The van der Waals surface area contributed by atoms with E-state index in [1.807, 2.05) is 0 Å². The molecule has 0 amide bonds. The van der Waals surface area contributed by atoms with Crippen molar-refractivity contribution in [3.05, 3.63) is 558 Å². The summed E-state index contributed by atoms with van der Waals surface area (Å²) in [6.45, 7) is 0. The largest absolute Gasteiger partial charge is 0.0622 e. The van der Waals surface area contributed by atoms with Crippen molar-refractivity contribution in [3.63, 3.8) is 0 Å². The zero-order chi connectivity index (χ0) is 95.1. The molecule has 0 fully saturated rings. The molecule has 0 N–H and O–H groups in total. The van der Waals surface area contributed by atoms with Gasteiger partial charge in [0.25, 0.3) is 0 Å². The molecule has 0 heteroatoms. The van der Waals surface area contributed by atoms with Crippen LogP contribution < -0.4 is 0 Å². The van der Waals surface area contributed by atoms with E-state index < -0.39 is 0 Å². The highest BCUT2D eigenvalue weighted by Crippen LogP contribution is 2.52. The zero-order valence-corrected chi connectivity index (χ0v) is 79.1. The molecular weight excluding hydrogens is 1730 g/mol. The topological polar surface area (TPSA) is 0 Å². The third-order valence-corrected chi connectivity index (χ3v) is 30.0. The summed E-state index contributed by atoms with van der Waals surface area (Å²) in [6, 6.07) is 205. The molecule has 0 aliphatic carbocycles. The smallest absolute Gasteiger partial charge is 0.00201 e. The summed E-state index contributed by atoms with van der Waals surface area (Å²) in [5, 5.41) is 38.1. The van der Waals surface area contributed by atoms with Gasteiger partial charge in [-0.1, -0.05) is 504 Å². The molecule has 0 radical (unpaired) electrons. The quantitative estimate of drug-likeness (QED) is 0.0894. The molecule has 0 heterocycles. The highest BCUT2D eigenvalue weighted by Gasteiger charge is 2.25. The molecule has 0 aliphatic rings. The third-order valence-electron chi connectivity index (χ3n) is 30.0.